The fourth-order valence-electron chi connectivity index (χ4n) is 3.24. The van der Waals surface area contributed by atoms with E-state index in [2.05, 4.69) is 5.32 Å². The van der Waals surface area contributed by atoms with Crippen LogP contribution in [0.1, 0.15) is 30.4 Å². The molecule has 2 aromatic rings. The van der Waals surface area contributed by atoms with Crippen LogP contribution in [0.25, 0.3) is 0 Å². The van der Waals surface area contributed by atoms with Crippen molar-refractivity contribution in [1.29, 1.82) is 0 Å². The van der Waals surface area contributed by atoms with Crippen molar-refractivity contribution in [3.8, 4) is 0 Å². The molecule has 144 valence electrons. The summed E-state index contributed by atoms with van der Waals surface area (Å²) in [5.74, 6) is 0.0136. The number of amides is 1. The van der Waals surface area contributed by atoms with Crippen molar-refractivity contribution in [3.05, 3.63) is 65.7 Å². The molecule has 0 aromatic heterocycles. The summed E-state index contributed by atoms with van der Waals surface area (Å²) in [7, 11) is -3.37. The van der Waals surface area contributed by atoms with Gasteiger partial charge in [-0.05, 0) is 48.9 Å². The number of hydrogen-bond donors (Lipinski definition) is 1. The average Bonchev–Trinajstić information content (AvgIpc) is 3.23. The molecule has 1 aliphatic heterocycles. The van der Waals surface area contributed by atoms with Crippen molar-refractivity contribution in [2.75, 3.05) is 19.6 Å². The van der Waals surface area contributed by atoms with Crippen molar-refractivity contribution in [1.82, 2.24) is 9.62 Å². The Balaban J connectivity index is 1.45. The van der Waals surface area contributed by atoms with Crippen molar-refractivity contribution in [3.63, 3.8) is 0 Å². The van der Waals surface area contributed by atoms with Gasteiger partial charge in [0.05, 0.1) is 4.90 Å². The Kier molecular flexibility index (Phi) is 6.63. The van der Waals surface area contributed by atoms with Crippen molar-refractivity contribution < 1.29 is 13.2 Å². The van der Waals surface area contributed by atoms with Gasteiger partial charge in [0, 0.05) is 26.1 Å². The maximum absolute atomic E-state index is 12.5. The highest BCUT2D eigenvalue weighted by Crippen LogP contribution is 2.21. The summed E-state index contributed by atoms with van der Waals surface area (Å²) in [6, 6.07) is 17.0. The van der Waals surface area contributed by atoms with E-state index in [1.807, 2.05) is 30.3 Å². The second-order valence-electron chi connectivity index (χ2n) is 6.84. The highest BCUT2D eigenvalue weighted by molar-refractivity contribution is 7.89. The molecule has 1 saturated heterocycles. The number of benzene rings is 2. The van der Waals surface area contributed by atoms with Gasteiger partial charge in [0.15, 0.2) is 0 Å². The van der Waals surface area contributed by atoms with E-state index in [0.29, 0.717) is 37.4 Å². The van der Waals surface area contributed by atoms with E-state index < -0.39 is 10.0 Å². The number of nitrogens with one attached hydrogen (secondary N) is 1. The van der Waals surface area contributed by atoms with Crippen molar-refractivity contribution in [2.24, 2.45) is 0 Å². The molecule has 1 fully saturated rings. The first kappa shape index (κ1) is 19.6. The van der Waals surface area contributed by atoms with Gasteiger partial charge < -0.3 is 5.32 Å². The highest BCUT2D eigenvalue weighted by Gasteiger charge is 2.26. The molecule has 1 aliphatic rings. The Labute approximate surface area is 161 Å². The number of carbonyl (C=O) groups is 1. The summed E-state index contributed by atoms with van der Waals surface area (Å²) in [6.45, 7) is 1.83. The van der Waals surface area contributed by atoms with Gasteiger partial charge in [-0.25, -0.2) is 8.42 Å². The minimum atomic E-state index is -3.37. The van der Waals surface area contributed by atoms with Crippen LogP contribution in [0.5, 0.6) is 0 Å². The Bertz CT molecular complexity index is 843. The van der Waals surface area contributed by atoms with Crippen LogP contribution in [-0.4, -0.2) is 38.3 Å². The van der Waals surface area contributed by atoms with E-state index in [1.54, 1.807) is 28.6 Å². The zero-order chi connectivity index (χ0) is 19.1. The quantitative estimate of drug-likeness (QED) is 0.759. The Morgan fingerprint density at radius 1 is 0.889 bits per heavy atom. The molecule has 5 nitrogen and oxygen atoms in total. The Hall–Kier alpha value is -2.18. The predicted molar refractivity (Wildman–Crippen MR) is 106 cm³/mol. The van der Waals surface area contributed by atoms with Crippen LogP contribution in [0, 0.1) is 0 Å². The molecule has 6 heteroatoms. The first-order valence-corrected chi connectivity index (χ1v) is 10.9. The first-order valence-electron chi connectivity index (χ1n) is 9.45. The SMILES string of the molecule is O=C(CCc1ccc(S(=O)(=O)N2CCCC2)cc1)NCCc1ccccc1. The van der Waals surface area contributed by atoms with Gasteiger partial charge in [-0.1, -0.05) is 42.5 Å². The maximum atomic E-state index is 12.5. The first-order chi connectivity index (χ1) is 13.1. The lowest BCUT2D eigenvalue weighted by atomic mass is 10.1. The van der Waals surface area contributed by atoms with Crippen LogP contribution in [0.3, 0.4) is 0 Å². The molecule has 0 bridgehead atoms. The molecule has 1 N–H and O–H groups in total. The monoisotopic (exact) mass is 386 g/mol. The summed E-state index contributed by atoms with van der Waals surface area (Å²) >= 11 is 0. The summed E-state index contributed by atoms with van der Waals surface area (Å²) in [5.41, 5.74) is 2.17. The molecule has 1 heterocycles. The summed E-state index contributed by atoms with van der Waals surface area (Å²) in [4.78, 5) is 12.3. The Morgan fingerprint density at radius 3 is 2.19 bits per heavy atom. The van der Waals surface area contributed by atoms with Gasteiger partial charge >= 0.3 is 0 Å². The number of nitrogens with zero attached hydrogens (tertiary/aromatic N) is 1. The van der Waals surface area contributed by atoms with Gasteiger partial charge in [0.1, 0.15) is 0 Å². The molecule has 0 radical (unpaired) electrons. The molecule has 27 heavy (non-hydrogen) atoms. The number of rotatable bonds is 8. The Morgan fingerprint density at radius 2 is 1.52 bits per heavy atom. The topological polar surface area (TPSA) is 66.5 Å². The molecule has 1 amide bonds. The fourth-order valence-corrected chi connectivity index (χ4v) is 4.76. The van der Waals surface area contributed by atoms with E-state index in [9.17, 15) is 13.2 Å². The predicted octanol–water partition coefficient (Wildman–Crippen LogP) is 2.76. The lowest BCUT2D eigenvalue weighted by Crippen LogP contribution is -2.27. The fraction of sp³-hybridized carbons (Fsp3) is 0.381. The molecule has 0 spiro atoms. The van der Waals surface area contributed by atoms with Crippen LogP contribution in [0.2, 0.25) is 0 Å². The largest absolute Gasteiger partial charge is 0.356 e. The van der Waals surface area contributed by atoms with Gasteiger partial charge in [0.2, 0.25) is 15.9 Å². The van der Waals surface area contributed by atoms with Gasteiger partial charge in [-0.3, -0.25) is 4.79 Å². The molecular weight excluding hydrogens is 360 g/mol. The van der Waals surface area contributed by atoms with Gasteiger partial charge in [-0.15, -0.1) is 0 Å². The number of aryl methyl sites for hydroxylation is 1. The smallest absolute Gasteiger partial charge is 0.243 e. The van der Waals surface area contributed by atoms with E-state index >= 15 is 0 Å². The molecule has 0 saturated carbocycles. The minimum absolute atomic E-state index is 0.0136. The lowest BCUT2D eigenvalue weighted by Gasteiger charge is -2.15. The lowest BCUT2D eigenvalue weighted by molar-refractivity contribution is -0.121. The summed E-state index contributed by atoms with van der Waals surface area (Å²) in [6.07, 6.45) is 3.66. The zero-order valence-electron chi connectivity index (χ0n) is 15.4. The normalized spacial score (nSPS) is 15.0. The van der Waals surface area contributed by atoms with E-state index in [4.69, 9.17) is 0 Å². The highest BCUT2D eigenvalue weighted by atomic mass is 32.2. The van der Waals surface area contributed by atoms with E-state index in [1.165, 1.54) is 5.56 Å². The standard InChI is InChI=1S/C21H26N2O3S/c24-21(22-15-14-18-6-2-1-3-7-18)13-10-19-8-11-20(12-9-19)27(25,26)23-16-4-5-17-23/h1-3,6-9,11-12H,4-5,10,13-17H2,(H,22,24). The number of sulfonamides is 1. The molecule has 0 atom stereocenters. The molecule has 0 unspecified atom stereocenters. The third-order valence-corrected chi connectivity index (χ3v) is 6.76. The van der Waals surface area contributed by atoms with Gasteiger partial charge in [0.25, 0.3) is 0 Å². The number of hydrogen-bond acceptors (Lipinski definition) is 3. The van der Waals surface area contributed by atoms with Crippen molar-refractivity contribution in [2.45, 2.75) is 37.0 Å². The molecule has 3 rings (SSSR count). The maximum Gasteiger partial charge on any atom is 0.243 e. The number of carbonyl (C=O) groups excluding carboxylic acids is 1. The average molecular weight is 387 g/mol. The molecule has 0 aliphatic carbocycles. The van der Waals surface area contributed by atoms with Crippen LogP contribution in [0.15, 0.2) is 59.5 Å². The third-order valence-electron chi connectivity index (χ3n) is 4.85. The third kappa shape index (κ3) is 5.40. The summed E-state index contributed by atoms with van der Waals surface area (Å²) < 4.78 is 26.6. The second kappa shape index (κ2) is 9.15. The van der Waals surface area contributed by atoms with E-state index in [-0.39, 0.29) is 5.91 Å². The molecular formula is C21H26N2O3S. The van der Waals surface area contributed by atoms with Crippen LogP contribution < -0.4 is 5.32 Å². The van der Waals surface area contributed by atoms with Crippen LogP contribution >= 0.6 is 0 Å². The second-order valence-corrected chi connectivity index (χ2v) is 8.78. The van der Waals surface area contributed by atoms with Crippen molar-refractivity contribution >= 4 is 15.9 Å². The zero-order valence-corrected chi connectivity index (χ0v) is 16.2. The van der Waals surface area contributed by atoms with E-state index in [0.717, 1.165) is 24.8 Å². The van der Waals surface area contributed by atoms with Crippen LogP contribution in [-0.2, 0) is 27.7 Å². The molecule has 2 aromatic carbocycles. The van der Waals surface area contributed by atoms with Gasteiger partial charge in [-0.2, -0.15) is 4.31 Å². The minimum Gasteiger partial charge on any atom is -0.356 e. The summed E-state index contributed by atoms with van der Waals surface area (Å²) in [5, 5.41) is 2.93. The van der Waals surface area contributed by atoms with Crippen LogP contribution in [0.4, 0.5) is 0 Å².